The lowest BCUT2D eigenvalue weighted by atomic mass is 10.0. The molecule has 2 aromatic heterocycles. The van der Waals surface area contributed by atoms with Gasteiger partial charge in [0.2, 0.25) is 0 Å². The summed E-state index contributed by atoms with van der Waals surface area (Å²) in [5.74, 6) is 0. The van der Waals surface area contributed by atoms with E-state index in [9.17, 15) is 4.79 Å². The first kappa shape index (κ1) is 10.4. The van der Waals surface area contributed by atoms with E-state index in [2.05, 4.69) is 28.2 Å². The number of nitrogens with one attached hydrogen (secondary N) is 2. The third-order valence-electron chi connectivity index (χ3n) is 3.73. The SMILES string of the molecule is Cc1c[nH]c(=O)c2c1[nH]c1ccc3ccccc3c12. The van der Waals surface area contributed by atoms with Gasteiger partial charge in [0.25, 0.3) is 5.56 Å². The van der Waals surface area contributed by atoms with Crippen LogP contribution in [0.3, 0.4) is 0 Å². The van der Waals surface area contributed by atoms with Crippen LogP contribution in [0.5, 0.6) is 0 Å². The van der Waals surface area contributed by atoms with Gasteiger partial charge in [-0.05, 0) is 29.3 Å². The molecule has 4 aromatic rings. The molecule has 3 nitrogen and oxygen atoms in total. The van der Waals surface area contributed by atoms with Crippen LogP contribution in [-0.2, 0) is 0 Å². The van der Waals surface area contributed by atoms with Gasteiger partial charge in [-0.15, -0.1) is 0 Å². The molecule has 0 aliphatic rings. The average Bonchev–Trinajstić information content (AvgIpc) is 2.84. The summed E-state index contributed by atoms with van der Waals surface area (Å²) in [6.07, 6.45) is 1.75. The fourth-order valence-corrected chi connectivity index (χ4v) is 2.81. The van der Waals surface area contributed by atoms with E-state index < -0.39 is 0 Å². The van der Waals surface area contributed by atoms with Crippen molar-refractivity contribution in [3.8, 4) is 0 Å². The maximum absolute atomic E-state index is 12.2. The predicted octanol–water partition coefficient (Wildman–Crippen LogP) is 3.47. The van der Waals surface area contributed by atoms with E-state index >= 15 is 0 Å². The average molecular weight is 248 g/mol. The molecular formula is C16H12N2O. The van der Waals surface area contributed by atoms with Gasteiger partial charge in [0.15, 0.2) is 0 Å². The highest BCUT2D eigenvalue weighted by Gasteiger charge is 2.12. The van der Waals surface area contributed by atoms with Gasteiger partial charge >= 0.3 is 0 Å². The summed E-state index contributed by atoms with van der Waals surface area (Å²) in [7, 11) is 0. The van der Waals surface area contributed by atoms with Crippen molar-refractivity contribution in [2.45, 2.75) is 6.92 Å². The lowest BCUT2D eigenvalue weighted by Gasteiger charge is -1.99. The topological polar surface area (TPSA) is 48.6 Å². The Morgan fingerprint density at radius 1 is 1.00 bits per heavy atom. The van der Waals surface area contributed by atoms with Crippen LogP contribution in [0.25, 0.3) is 32.6 Å². The lowest BCUT2D eigenvalue weighted by molar-refractivity contribution is 1.24. The van der Waals surface area contributed by atoms with Crippen molar-refractivity contribution in [2.75, 3.05) is 0 Å². The molecule has 92 valence electrons. The fourth-order valence-electron chi connectivity index (χ4n) is 2.81. The minimum absolute atomic E-state index is 0.0387. The lowest BCUT2D eigenvalue weighted by Crippen LogP contribution is -2.04. The maximum Gasteiger partial charge on any atom is 0.258 e. The number of benzene rings is 2. The molecule has 0 saturated heterocycles. The summed E-state index contributed by atoms with van der Waals surface area (Å²) in [4.78, 5) is 18.3. The molecule has 0 aliphatic heterocycles. The molecule has 2 N–H and O–H groups in total. The zero-order valence-corrected chi connectivity index (χ0v) is 10.4. The third kappa shape index (κ3) is 1.30. The number of aromatic amines is 2. The van der Waals surface area contributed by atoms with Gasteiger partial charge in [0.1, 0.15) is 0 Å². The van der Waals surface area contributed by atoms with Crippen molar-refractivity contribution in [3.63, 3.8) is 0 Å². The molecule has 3 heteroatoms. The van der Waals surface area contributed by atoms with Gasteiger partial charge in [-0.3, -0.25) is 4.79 Å². The second-order valence-electron chi connectivity index (χ2n) is 4.89. The molecule has 19 heavy (non-hydrogen) atoms. The predicted molar refractivity (Wildman–Crippen MR) is 78.7 cm³/mol. The van der Waals surface area contributed by atoms with Gasteiger partial charge in [0.05, 0.1) is 10.9 Å². The van der Waals surface area contributed by atoms with E-state index in [0.29, 0.717) is 0 Å². The highest BCUT2D eigenvalue weighted by molar-refractivity contribution is 6.20. The maximum atomic E-state index is 12.2. The third-order valence-corrected chi connectivity index (χ3v) is 3.73. The summed E-state index contributed by atoms with van der Waals surface area (Å²) in [6.45, 7) is 2.00. The number of aryl methyl sites for hydroxylation is 1. The van der Waals surface area contributed by atoms with E-state index in [1.807, 2.05) is 25.1 Å². The van der Waals surface area contributed by atoms with Crippen LogP contribution < -0.4 is 5.56 Å². The Balaban J connectivity index is 2.43. The number of H-pyrrole nitrogens is 2. The Kier molecular flexibility index (Phi) is 1.90. The van der Waals surface area contributed by atoms with Crippen molar-refractivity contribution in [3.05, 3.63) is 58.5 Å². The van der Waals surface area contributed by atoms with Gasteiger partial charge < -0.3 is 9.97 Å². The Labute approximate surface area is 108 Å². The Bertz CT molecular complexity index is 992. The van der Waals surface area contributed by atoms with Crippen molar-refractivity contribution in [2.24, 2.45) is 0 Å². The Morgan fingerprint density at radius 2 is 1.84 bits per heavy atom. The first-order valence-corrected chi connectivity index (χ1v) is 6.27. The number of rotatable bonds is 0. The molecule has 4 rings (SSSR count). The molecule has 0 unspecified atom stereocenters. The Morgan fingerprint density at radius 3 is 2.74 bits per heavy atom. The zero-order chi connectivity index (χ0) is 13.0. The number of fused-ring (bicyclic) bond motifs is 5. The zero-order valence-electron chi connectivity index (χ0n) is 10.4. The summed E-state index contributed by atoms with van der Waals surface area (Å²) in [6, 6.07) is 12.3. The summed E-state index contributed by atoms with van der Waals surface area (Å²) < 4.78 is 0. The van der Waals surface area contributed by atoms with Crippen LogP contribution in [0, 0.1) is 6.92 Å². The first-order chi connectivity index (χ1) is 9.25. The van der Waals surface area contributed by atoms with E-state index in [-0.39, 0.29) is 5.56 Å². The molecule has 2 heterocycles. The fraction of sp³-hybridized carbons (Fsp3) is 0.0625. The smallest absolute Gasteiger partial charge is 0.258 e. The van der Waals surface area contributed by atoms with Crippen LogP contribution in [0.4, 0.5) is 0 Å². The molecule has 0 aliphatic carbocycles. The molecule has 0 amide bonds. The molecule has 0 fully saturated rings. The summed E-state index contributed by atoms with van der Waals surface area (Å²) in [5, 5.41) is 4.03. The minimum atomic E-state index is -0.0387. The van der Waals surface area contributed by atoms with E-state index in [4.69, 9.17) is 0 Å². The molecule has 2 aromatic carbocycles. The Hall–Kier alpha value is -2.55. The van der Waals surface area contributed by atoms with Gasteiger partial charge in [-0.25, -0.2) is 0 Å². The van der Waals surface area contributed by atoms with E-state index in [1.54, 1.807) is 6.20 Å². The summed E-state index contributed by atoms with van der Waals surface area (Å²) in [5.41, 5.74) is 2.95. The molecule has 0 radical (unpaired) electrons. The number of pyridine rings is 1. The van der Waals surface area contributed by atoms with Crippen LogP contribution in [0.1, 0.15) is 5.56 Å². The molecule has 0 atom stereocenters. The normalized spacial score (nSPS) is 11.6. The van der Waals surface area contributed by atoms with Crippen molar-refractivity contribution >= 4 is 32.6 Å². The highest BCUT2D eigenvalue weighted by atomic mass is 16.1. The van der Waals surface area contributed by atoms with Crippen LogP contribution >= 0.6 is 0 Å². The second kappa shape index (κ2) is 3.48. The van der Waals surface area contributed by atoms with Crippen LogP contribution in [0.15, 0.2) is 47.4 Å². The van der Waals surface area contributed by atoms with E-state index in [0.717, 1.165) is 38.1 Å². The van der Waals surface area contributed by atoms with Crippen LogP contribution in [-0.4, -0.2) is 9.97 Å². The first-order valence-electron chi connectivity index (χ1n) is 6.27. The standard InChI is InChI=1S/C16H12N2O/c1-9-8-17-16(19)14-13-11-5-3-2-4-10(11)6-7-12(13)18-15(9)14/h2-8,18H,1H3,(H,17,19). The quantitative estimate of drug-likeness (QED) is 0.492. The largest absolute Gasteiger partial charge is 0.354 e. The minimum Gasteiger partial charge on any atom is -0.354 e. The van der Waals surface area contributed by atoms with Gasteiger partial charge in [0, 0.05) is 17.1 Å². The summed E-state index contributed by atoms with van der Waals surface area (Å²) >= 11 is 0. The molecule has 0 saturated carbocycles. The monoisotopic (exact) mass is 248 g/mol. The van der Waals surface area contributed by atoms with Crippen molar-refractivity contribution in [1.29, 1.82) is 0 Å². The number of hydrogen-bond donors (Lipinski definition) is 2. The van der Waals surface area contributed by atoms with Gasteiger partial charge in [-0.1, -0.05) is 30.3 Å². The van der Waals surface area contributed by atoms with Crippen molar-refractivity contribution in [1.82, 2.24) is 9.97 Å². The molecule has 0 spiro atoms. The molecular weight excluding hydrogens is 236 g/mol. The van der Waals surface area contributed by atoms with Crippen molar-refractivity contribution < 1.29 is 0 Å². The van der Waals surface area contributed by atoms with Gasteiger partial charge in [-0.2, -0.15) is 0 Å². The number of aromatic nitrogens is 2. The van der Waals surface area contributed by atoms with Crippen LogP contribution in [0.2, 0.25) is 0 Å². The molecule has 0 bridgehead atoms. The second-order valence-corrected chi connectivity index (χ2v) is 4.89. The van der Waals surface area contributed by atoms with E-state index in [1.165, 1.54) is 0 Å². The highest BCUT2D eigenvalue weighted by Crippen LogP contribution is 2.30. The number of hydrogen-bond acceptors (Lipinski definition) is 1.